The first kappa shape index (κ1) is 17.9. The summed E-state index contributed by atoms with van der Waals surface area (Å²) in [6.45, 7) is 9.70. The van der Waals surface area contributed by atoms with Crippen LogP contribution in [0.2, 0.25) is 0 Å². The molecule has 23 heavy (non-hydrogen) atoms. The maximum atomic E-state index is 12.9. The van der Waals surface area contributed by atoms with Crippen LogP contribution in [0.5, 0.6) is 0 Å². The Morgan fingerprint density at radius 3 is 2.35 bits per heavy atom. The Hall–Kier alpha value is -1.40. The van der Waals surface area contributed by atoms with Crippen molar-refractivity contribution in [2.24, 2.45) is 0 Å². The standard InChI is InChI=1S/C17H25NO4S/c1-11-6-7-12(2)16(8-11)23(20,21)15(5)17(19)18-9-13(3)22-14(4)10-18/h6-8,13-15H,9-10H2,1-5H3/t13-,14-,15+/m0/s1. The molecule has 1 aromatic carbocycles. The summed E-state index contributed by atoms with van der Waals surface area (Å²) in [5, 5.41) is -1.10. The van der Waals surface area contributed by atoms with Gasteiger partial charge < -0.3 is 9.64 Å². The Balaban J connectivity index is 2.29. The summed E-state index contributed by atoms with van der Waals surface area (Å²) in [6, 6.07) is 5.28. The summed E-state index contributed by atoms with van der Waals surface area (Å²) in [5.41, 5.74) is 1.53. The highest BCUT2D eigenvalue weighted by molar-refractivity contribution is 7.92. The molecule has 1 heterocycles. The first-order valence-corrected chi connectivity index (χ1v) is 9.43. The highest BCUT2D eigenvalue weighted by atomic mass is 32.2. The molecular formula is C17H25NO4S. The van der Waals surface area contributed by atoms with Crippen LogP contribution in [0.3, 0.4) is 0 Å². The Kier molecular flexibility index (Phi) is 5.16. The highest BCUT2D eigenvalue weighted by Crippen LogP contribution is 2.23. The molecular weight excluding hydrogens is 314 g/mol. The molecule has 0 spiro atoms. The van der Waals surface area contributed by atoms with Gasteiger partial charge in [-0.25, -0.2) is 8.42 Å². The third kappa shape index (κ3) is 3.75. The van der Waals surface area contributed by atoms with Crippen molar-refractivity contribution in [2.75, 3.05) is 13.1 Å². The predicted octanol–water partition coefficient (Wildman–Crippen LogP) is 2.10. The van der Waals surface area contributed by atoms with Crippen LogP contribution in [0.25, 0.3) is 0 Å². The molecule has 1 amide bonds. The fraction of sp³-hybridized carbons (Fsp3) is 0.588. The highest BCUT2D eigenvalue weighted by Gasteiger charge is 2.36. The summed E-state index contributed by atoms with van der Waals surface area (Å²) in [7, 11) is -3.71. The lowest BCUT2D eigenvalue weighted by molar-refractivity contribution is -0.142. The molecule has 0 unspecified atom stereocenters. The molecule has 0 aromatic heterocycles. The number of nitrogens with zero attached hydrogens (tertiary/aromatic N) is 1. The van der Waals surface area contributed by atoms with E-state index in [2.05, 4.69) is 0 Å². The minimum Gasteiger partial charge on any atom is -0.372 e. The van der Waals surface area contributed by atoms with Crippen molar-refractivity contribution in [3.8, 4) is 0 Å². The number of carbonyl (C=O) groups excluding carboxylic acids is 1. The van der Waals surface area contributed by atoms with E-state index in [-0.39, 0.29) is 23.0 Å². The molecule has 5 nitrogen and oxygen atoms in total. The van der Waals surface area contributed by atoms with Gasteiger partial charge in [-0.05, 0) is 51.8 Å². The van der Waals surface area contributed by atoms with Gasteiger partial charge in [0.15, 0.2) is 9.84 Å². The average molecular weight is 339 g/mol. The van der Waals surface area contributed by atoms with E-state index in [1.165, 1.54) is 6.92 Å². The van der Waals surface area contributed by atoms with E-state index in [1.54, 1.807) is 24.0 Å². The van der Waals surface area contributed by atoms with E-state index in [0.717, 1.165) is 5.56 Å². The van der Waals surface area contributed by atoms with Gasteiger partial charge in [-0.2, -0.15) is 0 Å². The van der Waals surface area contributed by atoms with Gasteiger partial charge in [-0.15, -0.1) is 0 Å². The quantitative estimate of drug-likeness (QED) is 0.846. The van der Waals surface area contributed by atoms with Gasteiger partial charge in [0.2, 0.25) is 5.91 Å². The molecule has 1 saturated heterocycles. The molecule has 1 aromatic rings. The number of aryl methyl sites for hydroxylation is 2. The number of benzene rings is 1. The Bertz CT molecular complexity index is 689. The molecule has 2 rings (SSSR count). The van der Waals surface area contributed by atoms with Crippen molar-refractivity contribution in [1.82, 2.24) is 4.90 Å². The number of rotatable bonds is 3. The van der Waals surface area contributed by atoms with E-state index in [9.17, 15) is 13.2 Å². The summed E-state index contributed by atoms with van der Waals surface area (Å²) in [6.07, 6.45) is -0.170. The van der Waals surface area contributed by atoms with E-state index < -0.39 is 15.1 Å². The van der Waals surface area contributed by atoms with Gasteiger partial charge in [0.25, 0.3) is 0 Å². The van der Waals surface area contributed by atoms with Crippen LogP contribution in [-0.2, 0) is 19.4 Å². The van der Waals surface area contributed by atoms with Crippen LogP contribution in [0.4, 0.5) is 0 Å². The monoisotopic (exact) mass is 339 g/mol. The molecule has 6 heteroatoms. The second-order valence-corrected chi connectivity index (χ2v) is 8.69. The second kappa shape index (κ2) is 6.61. The molecule has 0 radical (unpaired) electrons. The zero-order valence-corrected chi connectivity index (χ0v) is 15.2. The topological polar surface area (TPSA) is 63.7 Å². The predicted molar refractivity (Wildman–Crippen MR) is 89.2 cm³/mol. The molecule has 128 valence electrons. The molecule has 1 fully saturated rings. The molecule has 0 aliphatic carbocycles. The van der Waals surface area contributed by atoms with Crippen LogP contribution in [0.1, 0.15) is 31.9 Å². The van der Waals surface area contributed by atoms with Gasteiger partial charge in [0, 0.05) is 13.1 Å². The van der Waals surface area contributed by atoms with E-state index >= 15 is 0 Å². The number of ether oxygens (including phenoxy) is 1. The van der Waals surface area contributed by atoms with E-state index in [0.29, 0.717) is 18.7 Å². The number of amides is 1. The summed E-state index contributed by atoms with van der Waals surface area (Å²) in [4.78, 5) is 14.5. The number of hydrogen-bond donors (Lipinski definition) is 0. The summed E-state index contributed by atoms with van der Waals surface area (Å²) < 4.78 is 31.4. The smallest absolute Gasteiger partial charge is 0.241 e. The minimum absolute atomic E-state index is 0.0849. The SMILES string of the molecule is Cc1ccc(C)c(S(=O)(=O)[C@H](C)C(=O)N2C[C@H](C)O[C@@H](C)C2)c1. The molecule has 1 aliphatic rings. The fourth-order valence-electron chi connectivity index (χ4n) is 2.95. The molecule has 0 saturated carbocycles. The lowest BCUT2D eigenvalue weighted by Gasteiger charge is -2.36. The van der Waals surface area contributed by atoms with Crippen molar-refractivity contribution < 1.29 is 17.9 Å². The maximum Gasteiger partial charge on any atom is 0.241 e. The summed E-state index contributed by atoms with van der Waals surface area (Å²) in [5.74, 6) is -0.354. The normalized spacial score (nSPS) is 23.6. The van der Waals surface area contributed by atoms with Crippen LogP contribution in [0, 0.1) is 13.8 Å². The summed E-state index contributed by atoms with van der Waals surface area (Å²) >= 11 is 0. The van der Waals surface area contributed by atoms with Crippen molar-refractivity contribution in [3.63, 3.8) is 0 Å². The molecule has 0 bridgehead atoms. The van der Waals surface area contributed by atoms with Gasteiger partial charge in [0.05, 0.1) is 17.1 Å². The van der Waals surface area contributed by atoms with Crippen LogP contribution < -0.4 is 0 Å². The van der Waals surface area contributed by atoms with Crippen molar-refractivity contribution >= 4 is 15.7 Å². The third-order valence-corrected chi connectivity index (χ3v) is 6.38. The molecule has 1 aliphatic heterocycles. The minimum atomic E-state index is -3.71. The van der Waals surface area contributed by atoms with Crippen LogP contribution in [-0.4, -0.2) is 49.8 Å². The maximum absolute atomic E-state index is 12.9. The molecule has 3 atom stereocenters. The molecule has 0 N–H and O–H groups in total. The van der Waals surface area contributed by atoms with Gasteiger partial charge >= 0.3 is 0 Å². The number of carbonyl (C=O) groups is 1. The van der Waals surface area contributed by atoms with Crippen molar-refractivity contribution in [3.05, 3.63) is 29.3 Å². The zero-order chi connectivity index (χ0) is 17.4. The second-order valence-electron chi connectivity index (χ2n) is 6.46. The fourth-order valence-corrected chi connectivity index (χ4v) is 4.61. The van der Waals surface area contributed by atoms with Crippen molar-refractivity contribution in [2.45, 2.75) is 57.0 Å². The Labute approximate surface area is 138 Å². The number of sulfone groups is 1. The third-order valence-electron chi connectivity index (χ3n) is 4.19. The van der Waals surface area contributed by atoms with E-state index in [4.69, 9.17) is 4.74 Å². The number of hydrogen-bond acceptors (Lipinski definition) is 4. The lowest BCUT2D eigenvalue weighted by atomic mass is 10.2. The van der Waals surface area contributed by atoms with E-state index in [1.807, 2.05) is 26.8 Å². The van der Waals surface area contributed by atoms with Gasteiger partial charge in [-0.1, -0.05) is 12.1 Å². The van der Waals surface area contributed by atoms with Gasteiger partial charge in [0.1, 0.15) is 5.25 Å². The largest absolute Gasteiger partial charge is 0.372 e. The average Bonchev–Trinajstić information content (AvgIpc) is 2.47. The Morgan fingerprint density at radius 2 is 1.78 bits per heavy atom. The first-order valence-electron chi connectivity index (χ1n) is 7.88. The zero-order valence-electron chi connectivity index (χ0n) is 14.4. The first-order chi connectivity index (χ1) is 10.6. The van der Waals surface area contributed by atoms with Gasteiger partial charge in [-0.3, -0.25) is 4.79 Å². The lowest BCUT2D eigenvalue weighted by Crippen LogP contribution is -2.52. The number of morpholine rings is 1. The Morgan fingerprint density at radius 1 is 1.22 bits per heavy atom. The van der Waals surface area contributed by atoms with Crippen molar-refractivity contribution in [1.29, 1.82) is 0 Å². The van der Waals surface area contributed by atoms with Crippen LogP contribution in [0.15, 0.2) is 23.1 Å². The van der Waals surface area contributed by atoms with Crippen LogP contribution >= 0.6 is 0 Å².